The Bertz CT molecular complexity index is 4390. The maximum Gasteiger partial charge on any atom is 2.00 e. The van der Waals surface area contributed by atoms with Gasteiger partial charge < -0.3 is 36.7 Å². The van der Waals surface area contributed by atoms with Gasteiger partial charge in [0.25, 0.3) is 0 Å². The van der Waals surface area contributed by atoms with E-state index in [1.54, 1.807) is 191 Å². The summed E-state index contributed by atoms with van der Waals surface area (Å²) in [5, 5.41) is 37.9. The topological polar surface area (TPSA) is 297 Å². The van der Waals surface area contributed by atoms with Crippen molar-refractivity contribution in [2.24, 2.45) is 0 Å². The van der Waals surface area contributed by atoms with E-state index in [2.05, 4.69) is 101 Å². The summed E-state index contributed by atoms with van der Waals surface area (Å²) < 4.78 is 13.5. The number of hydrogen-bond donors (Lipinski definition) is 0. The zero-order valence-electron chi connectivity index (χ0n) is 52.3. The molecule has 0 aliphatic carbocycles. The molecule has 28 nitrogen and oxygen atoms in total. The Labute approximate surface area is 591 Å². The molecule has 0 amide bonds. The minimum absolute atomic E-state index is 0. The van der Waals surface area contributed by atoms with Gasteiger partial charge in [0.05, 0.1) is 66.2 Å². The van der Waals surface area contributed by atoms with E-state index in [9.17, 15) is 0 Å². The maximum atomic E-state index is 4.43. The van der Waals surface area contributed by atoms with Crippen molar-refractivity contribution in [3.05, 3.63) is 295 Å². The Morgan fingerprint density at radius 3 is 0.410 bits per heavy atom. The first-order valence-electron chi connectivity index (χ1n) is 30.1. The summed E-state index contributed by atoms with van der Waals surface area (Å²) in [5.41, 5.74) is 10.5. The molecule has 0 atom stereocenters. The SMILES string of the molecule is [B-](n1cccn1)n1cccn1.[B-](n1cccn1)n1cccn1.[B-](n1cccn1)n1cccn1.[B-](n1cccn1)n1cccn1.[Fe+2].[Fe+2].c1cnc2c(c1)c1nccnc1c1cccnc12.c1cnc2c(c1)c1nccnc1c1cccnc12.c1cnc2c(c1)c1nccnc1c1cccnc12. The summed E-state index contributed by atoms with van der Waals surface area (Å²) in [4.78, 5) is 53.2. The molecule has 0 saturated carbocycles. The summed E-state index contributed by atoms with van der Waals surface area (Å²) in [6.45, 7) is 0. The molecule has 0 aliphatic heterocycles. The van der Waals surface area contributed by atoms with Crippen molar-refractivity contribution in [2.45, 2.75) is 0 Å². The van der Waals surface area contributed by atoms with Crippen molar-refractivity contribution >= 4 is 129 Å². The van der Waals surface area contributed by atoms with Gasteiger partial charge in [-0.15, -0.1) is 0 Å². The third-order valence-electron chi connectivity index (χ3n) is 14.3. The van der Waals surface area contributed by atoms with Crippen LogP contribution in [-0.2, 0) is 34.1 Å². The van der Waals surface area contributed by atoms with E-state index in [1.807, 2.05) is 171 Å². The first-order chi connectivity index (χ1) is 48.6. The van der Waals surface area contributed by atoms with Crippen molar-refractivity contribution in [1.29, 1.82) is 0 Å². The second-order valence-corrected chi connectivity index (χ2v) is 20.5. The number of fused-ring (bicyclic) bond motifs is 18. The van der Waals surface area contributed by atoms with Crippen LogP contribution in [0.4, 0.5) is 0 Å². The van der Waals surface area contributed by atoms with Crippen LogP contribution in [0.25, 0.3) is 98.5 Å². The van der Waals surface area contributed by atoms with Gasteiger partial charge in [-0.25, -0.2) is 40.8 Å². The van der Waals surface area contributed by atoms with Crippen molar-refractivity contribution in [2.75, 3.05) is 0 Å². The van der Waals surface area contributed by atoms with E-state index >= 15 is 0 Å². The Morgan fingerprint density at radius 1 is 0.160 bits per heavy atom. The monoisotopic (exact) mass is 1390 g/mol. The molecular weight excluding hydrogens is 1340 g/mol. The van der Waals surface area contributed by atoms with Crippen LogP contribution in [0.15, 0.2) is 295 Å². The average molecular weight is 1390 g/mol. The van der Waals surface area contributed by atoms with Crippen LogP contribution in [0.1, 0.15) is 0 Å². The van der Waals surface area contributed by atoms with E-state index < -0.39 is 0 Å². The Kier molecular flexibility index (Phi) is 22.3. The molecule has 34 heteroatoms. The van der Waals surface area contributed by atoms with Gasteiger partial charge in [-0.1, -0.05) is 0 Å². The van der Waals surface area contributed by atoms with Crippen LogP contribution in [0.5, 0.6) is 0 Å². The quantitative estimate of drug-likeness (QED) is 0.102. The van der Waals surface area contributed by atoms with Gasteiger partial charge in [-0.05, 0) is 201 Å². The fraction of sp³-hybridized carbons (Fsp3) is 0. The molecule has 0 bridgehead atoms. The van der Waals surface area contributed by atoms with Gasteiger partial charge in [0, 0.05) is 156 Å². The van der Waals surface area contributed by atoms with Crippen LogP contribution in [0.3, 0.4) is 0 Å². The number of aromatic nitrogens is 28. The summed E-state index contributed by atoms with van der Waals surface area (Å²) in [5.74, 6) is 0. The van der Waals surface area contributed by atoms with Crippen LogP contribution in [-0.4, -0.2) is 168 Å². The minimum Gasteiger partial charge on any atom is -0.489 e. The van der Waals surface area contributed by atoms with E-state index in [-0.39, 0.29) is 34.1 Å². The van der Waals surface area contributed by atoms with Gasteiger partial charge >= 0.3 is 34.1 Å². The zero-order valence-corrected chi connectivity index (χ0v) is 54.5. The van der Waals surface area contributed by atoms with E-state index in [0.29, 0.717) is 0 Å². The van der Waals surface area contributed by atoms with E-state index in [1.165, 1.54) is 0 Å². The number of benzene rings is 3. The third kappa shape index (κ3) is 16.0. The van der Waals surface area contributed by atoms with E-state index in [0.717, 1.165) is 98.5 Å². The van der Waals surface area contributed by atoms with Crippen molar-refractivity contribution in [1.82, 2.24) is 137 Å². The molecule has 480 valence electrons. The van der Waals surface area contributed by atoms with Gasteiger partial charge in [-0.3, -0.25) is 59.8 Å². The summed E-state index contributed by atoms with van der Waals surface area (Å²) in [6, 6.07) is 38.4. The van der Waals surface area contributed by atoms with Crippen molar-refractivity contribution in [3.8, 4) is 0 Å². The zero-order chi connectivity index (χ0) is 65.9. The first-order valence-corrected chi connectivity index (χ1v) is 30.1. The average Bonchev–Trinajstić information content (AvgIpc) is 1.20. The first kappa shape index (κ1) is 67.1. The molecule has 0 spiro atoms. The van der Waals surface area contributed by atoms with Gasteiger partial charge in [0.2, 0.25) is 0 Å². The standard InChI is InChI=1S/3C14H8N4.4C6H6BN4.2Fe/c3*1-3-9-11(15-5-1)12-10(4-2-6-16-12)14-13(9)17-7-8-18-14;4*1-3-8-10(5-1)7-11-6-2-4-9-11;;/h3*1-8H;4*1-6H;;/q;;;4*-1;2*+2. The smallest absolute Gasteiger partial charge is 0.489 e. The minimum atomic E-state index is 0. The van der Waals surface area contributed by atoms with Crippen LogP contribution in [0, 0.1) is 0 Å². The summed E-state index contributed by atoms with van der Waals surface area (Å²) in [7, 11) is 7.11. The number of pyridine rings is 6. The molecule has 100 heavy (non-hydrogen) atoms. The second-order valence-electron chi connectivity index (χ2n) is 20.5. The van der Waals surface area contributed by atoms with Crippen molar-refractivity contribution in [3.63, 3.8) is 0 Å². The van der Waals surface area contributed by atoms with Crippen molar-refractivity contribution < 1.29 is 34.1 Å². The summed E-state index contributed by atoms with van der Waals surface area (Å²) >= 11 is 0. The molecule has 0 saturated heterocycles. The van der Waals surface area contributed by atoms with E-state index in [4.69, 9.17) is 0 Å². The molecule has 0 unspecified atom stereocenters. The normalized spacial score (nSPS) is 10.6. The molecule has 0 N–H and O–H groups in total. The Morgan fingerprint density at radius 2 is 0.290 bits per heavy atom. The molecule has 0 fully saturated rings. The largest absolute Gasteiger partial charge is 2.00 e. The molecule has 17 heterocycles. The third-order valence-corrected chi connectivity index (χ3v) is 14.3. The molecule has 3 aromatic carbocycles. The van der Waals surface area contributed by atoms with Gasteiger partial charge in [-0.2, -0.15) is 0 Å². The van der Waals surface area contributed by atoms with Crippen LogP contribution >= 0.6 is 0 Å². The van der Waals surface area contributed by atoms with Crippen LogP contribution < -0.4 is 0 Å². The Balaban J connectivity index is 0.000000112. The Hall–Kier alpha value is -12.9. The molecular formula is C66H48B4Fe2N28. The fourth-order valence-electron chi connectivity index (χ4n) is 10.2. The van der Waals surface area contributed by atoms with Crippen LogP contribution in [0.2, 0.25) is 0 Å². The number of hydrogen-bond acceptors (Lipinski definition) is 20. The van der Waals surface area contributed by atoms with Gasteiger partial charge in [0.15, 0.2) is 0 Å². The molecule has 20 aromatic rings. The number of nitrogens with zero attached hydrogens (tertiary/aromatic N) is 28. The predicted octanol–water partition coefficient (Wildman–Crippen LogP) is 8.21. The predicted molar refractivity (Wildman–Crippen MR) is 374 cm³/mol. The summed E-state index contributed by atoms with van der Waals surface area (Å²) in [6.07, 6.45) is 49.5. The second kappa shape index (κ2) is 33.2. The maximum absolute atomic E-state index is 4.43. The molecule has 20 rings (SSSR count). The fourth-order valence-corrected chi connectivity index (χ4v) is 10.2. The molecule has 17 aromatic heterocycles. The number of rotatable bonds is 8. The molecule has 0 aliphatic rings. The molecule has 8 radical (unpaired) electrons. The van der Waals surface area contributed by atoms with Gasteiger partial charge in [0.1, 0.15) is 0 Å².